The molecule has 0 aliphatic carbocycles. The van der Waals surface area contributed by atoms with E-state index < -0.39 is 0 Å². The highest BCUT2D eigenvalue weighted by atomic mass is 79.9. The molecule has 1 fully saturated rings. The van der Waals surface area contributed by atoms with Crippen molar-refractivity contribution in [3.05, 3.63) is 28.2 Å². The highest BCUT2D eigenvalue weighted by Gasteiger charge is 2.24. The lowest BCUT2D eigenvalue weighted by molar-refractivity contribution is 0.282. The van der Waals surface area contributed by atoms with Crippen LogP contribution in [0.5, 0.6) is 0 Å². The number of anilines is 1. The number of piperidine rings is 1. The number of halogens is 1. The van der Waals surface area contributed by atoms with Crippen LogP contribution >= 0.6 is 15.9 Å². The van der Waals surface area contributed by atoms with E-state index in [1.807, 2.05) is 12.1 Å². The molecule has 94 valence electrons. The molecule has 1 aliphatic rings. The van der Waals surface area contributed by atoms with Crippen LogP contribution in [0, 0.1) is 5.92 Å². The molecule has 1 aromatic rings. The van der Waals surface area contributed by atoms with E-state index in [1.54, 1.807) is 0 Å². The molecule has 2 rings (SSSR count). The molecule has 0 radical (unpaired) electrons. The number of hydrogen-bond acceptors (Lipinski definition) is 2. The van der Waals surface area contributed by atoms with Crippen molar-refractivity contribution in [3.63, 3.8) is 0 Å². The average Bonchev–Trinajstić information content (AvgIpc) is 2.30. The molecule has 3 heteroatoms. The van der Waals surface area contributed by atoms with Gasteiger partial charge in [-0.25, -0.2) is 0 Å². The van der Waals surface area contributed by atoms with Crippen molar-refractivity contribution in [1.82, 2.24) is 0 Å². The topological polar surface area (TPSA) is 23.5 Å². The first kappa shape index (κ1) is 12.9. The van der Waals surface area contributed by atoms with E-state index in [9.17, 15) is 0 Å². The zero-order valence-corrected chi connectivity index (χ0v) is 12.1. The first-order chi connectivity index (χ1) is 8.11. The van der Waals surface area contributed by atoms with Crippen molar-refractivity contribution in [2.45, 2.75) is 39.3 Å². The third-order valence-corrected chi connectivity index (χ3v) is 4.28. The summed E-state index contributed by atoms with van der Waals surface area (Å²) in [6.07, 6.45) is 2.52. The van der Waals surface area contributed by atoms with Gasteiger partial charge in [-0.3, -0.25) is 0 Å². The molecule has 1 heterocycles. The SMILES string of the molecule is CC1CCN(c2ccc(CO)cc2Br)C(C)C1. The van der Waals surface area contributed by atoms with E-state index in [0.717, 1.165) is 22.5 Å². The zero-order chi connectivity index (χ0) is 12.4. The Hall–Kier alpha value is -0.540. The van der Waals surface area contributed by atoms with Gasteiger partial charge in [0.25, 0.3) is 0 Å². The summed E-state index contributed by atoms with van der Waals surface area (Å²) in [6, 6.07) is 6.72. The summed E-state index contributed by atoms with van der Waals surface area (Å²) in [5, 5.41) is 9.12. The second-order valence-corrected chi connectivity index (χ2v) is 5.97. The lowest BCUT2D eigenvalue weighted by atomic mass is 9.93. The van der Waals surface area contributed by atoms with E-state index in [4.69, 9.17) is 5.11 Å². The number of hydrogen-bond donors (Lipinski definition) is 1. The number of rotatable bonds is 2. The van der Waals surface area contributed by atoms with Crippen molar-refractivity contribution in [2.24, 2.45) is 5.92 Å². The lowest BCUT2D eigenvalue weighted by Gasteiger charge is -2.38. The molecule has 1 N–H and O–H groups in total. The standard InChI is InChI=1S/C14H20BrNO/c1-10-5-6-16(11(2)7-10)14-4-3-12(9-17)8-13(14)15/h3-4,8,10-11,17H,5-7,9H2,1-2H3. The molecule has 0 amide bonds. The fraction of sp³-hybridized carbons (Fsp3) is 0.571. The maximum atomic E-state index is 9.12. The lowest BCUT2D eigenvalue weighted by Crippen LogP contribution is -2.40. The fourth-order valence-corrected chi connectivity index (χ4v) is 3.30. The highest BCUT2D eigenvalue weighted by molar-refractivity contribution is 9.10. The van der Waals surface area contributed by atoms with Crippen LogP contribution in [-0.4, -0.2) is 17.7 Å². The Labute approximate surface area is 112 Å². The molecule has 0 aromatic heterocycles. The molecule has 0 spiro atoms. The predicted octanol–water partition coefficient (Wildman–Crippen LogP) is 3.57. The van der Waals surface area contributed by atoms with Crippen LogP contribution in [0.1, 0.15) is 32.3 Å². The van der Waals surface area contributed by atoms with Gasteiger partial charge in [-0.05, 0) is 59.3 Å². The normalized spacial score (nSPS) is 25.1. The maximum Gasteiger partial charge on any atom is 0.0682 e. The van der Waals surface area contributed by atoms with Gasteiger partial charge in [-0.15, -0.1) is 0 Å². The van der Waals surface area contributed by atoms with Gasteiger partial charge < -0.3 is 10.0 Å². The molecule has 0 bridgehead atoms. The van der Waals surface area contributed by atoms with Gasteiger partial charge in [-0.2, -0.15) is 0 Å². The van der Waals surface area contributed by atoms with E-state index in [1.165, 1.54) is 18.5 Å². The van der Waals surface area contributed by atoms with Crippen molar-refractivity contribution >= 4 is 21.6 Å². The zero-order valence-electron chi connectivity index (χ0n) is 10.5. The van der Waals surface area contributed by atoms with Crippen LogP contribution in [0.3, 0.4) is 0 Å². The van der Waals surface area contributed by atoms with E-state index in [2.05, 4.69) is 40.7 Å². The average molecular weight is 298 g/mol. The van der Waals surface area contributed by atoms with Gasteiger partial charge in [0.05, 0.1) is 12.3 Å². The molecule has 1 aliphatic heterocycles. The van der Waals surface area contributed by atoms with E-state index in [0.29, 0.717) is 6.04 Å². The minimum absolute atomic E-state index is 0.103. The van der Waals surface area contributed by atoms with Crippen LogP contribution in [0.2, 0.25) is 0 Å². The molecule has 2 unspecified atom stereocenters. The maximum absolute atomic E-state index is 9.12. The van der Waals surface area contributed by atoms with Gasteiger partial charge >= 0.3 is 0 Å². The van der Waals surface area contributed by atoms with Gasteiger partial charge in [0.15, 0.2) is 0 Å². The number of benzene rings is 1. The van der Waals surface area contributed by atoms with Crippen molar-refractivity contribution in [1.29, 1.82) is 0 Å². The molecule has 1 aromatic carbocycles. The Kier molecular flexibility index (Phi) is 4.10. The Bertz CT molecular complexity index is 394. The quantitative estimate of drug-likeness (QED) is 0.902. The van der Waals surface area contributed by atoms with Gasteiger partial charge in [0.1, 0.15) is 0 Å². The second kappa shape index (κ2) is 5.40. The van der Waals surface area contributed by atoms with Gasteiger partial charge in [0.2, 0.25) is 0 Å². The molecular formula is C14H20BrNO. The summed E-state index contributed by atoms with van der Waals surface area (Å²) in [6.45, 7) is 5.85. The Morgan fingerprint density at radius 2 is 2.18 bits per heavy atom. The van der Waals surface area contributed by atoms with Crippen LogP contribution < -0.4 is 4.90 Å². The third-order valence-electron chi connectivity index (χ3n) is 3.64. The number of aliphatic hydroxyl groups excluding tert-OH is 1. The van der Waals surface area contributed by atoms with Crippen LogP contribution in [0.15, 0.2) is 22.7 Å². The summed E-state index contributed by atoms with van der Waals surface area (Å²) < 4.78 is 1.09. The third kappa shape index (κ3) is 2.83. The summed E-state index contributed by atoms with van der Waals surface area (Å²) in [7, 11) is 0. The summed E-state index contributed by atoms with van der Waals surface area (Å²) in [5.41, 5.74) is 2.21. The smallest absolute Gasteiger partial charge is 0.0682 e. The summed E-state index contributed by atoms with van der Waals surface area (Å²) >= 11 is 3.61. The first-order valence-corrected chi connectivity index (χ1v) is 7.07. The molecular weight excluding hydrogens is 278 g/mol. The van der Waals surface area contributed by atoms with Crippen LogP contribution in [0.25, 0.3) is 0 Å². The summed E-state index contributed by atoms with van der Waals surface area (Å²) in [5.74, 6) is 0.830. The monoisotopic (exact) mass is 297 g/mol. The number of aliphatic hydroxyl groups is 1. The van der Waals surface area contributed by atoms with E-state index in [-0.39, 0.29) is 6.61 Å². The minimum atomic E-state index is 0.103. The van der Waals surface area contributed by atoms with Crippen molar-refractivity contribution in [2.75, 3.05) is 11.4 Å². The predicted molar refractivity (Wildman–Crippen MR) is 75.3 cm³/mol. The first-order valence-electron chi connectivity index (χ1n) is 6.27. The van der Waals surface area contributed by atoms with Crippen molar-refractivity contribution in [3.8, 4) is 0 Å². The molecule has 2 atom stereocenters. The largest absolute Gasteiger partial charge is 0.392 e. The highest BCUT2D eigenvalue weighted by Crippen LogP contribution is 2.33. The second-order valence-electron chi connectivity index (χ2n) is 5.12. The fourth-order valence-electron chi connectivity index (χ4n) is 2.65. The van der Waals surface area contributed by atoms with Gasteiger partial charge in [-0.1, -0.05) is 13.0 Å². The Morgan fingerprint density at radius 3 is 2.76 bits per heavy atom. The molecule has 0 saturated carbocycles. The molecule has 17 heavy (non-hydrogen) atoms. The minimum Gasteiger partial charge on any atom is -0.392 e. The van der Waals surface area contributed by atoms with Gasteiger partial charge in [0, 0.05) is 17.1 Å². The molecule has 1 saturated heterocycles. The Balaban J connectivity index is 2.22. The van der Waals surface area contributed by atoms with E-state index >= 15 is 0 Å². The Morgan fingerprint density at radius 1 is 1.41 bits per heavy atom. The molecule has 2 nitrogen and oxygen atoms in total. The van der Waals surface area contributed by atoms with Crippen molar-refractivity contribution < 1.29 is 5.11 Å². The van der Waals surface area contributed by atoms with Crippen LogP contribution in [-0.2, 0) is 6.61 Å². The summed E-state index contributed by atoms with van der Waals surface area (Å²) in [4.78, 5) is 2.46. The van der Waals surface area contributed by atoms with Crippen LogP contribution in [0.4, 0.5) is 5.69 Å². The number of nitrogens with zero attached hydrogens (tertiary/aromatic N) is 1.